The van der Waals surface area contributed by atoms with Crippen LogP contribution < -0.4 is 10.9 Å². The summed E-state index contributed by atoms with van der Waals surface area (Å²) in [6.45, 7) is 7.50. The third-order valence-corrected chi connectivity index (χ3v) is 4.45. The van der Waals surface area contributed by atoms with Crippen molar-refractivity contribution >= 4 is 5.78 Å². The molecule has 1 aromatic heterocycles. The molecule has 1 aromatic carbocycles. The van der Waals surface area contributed by atoms with Gasteiger partial charge in [-0.15, -0.1) is 0 Å². The van der Waals surface area contributed by atoms with Crippen LogP contribution in [0.25, 0.3) is 5.69 Å². The maximum atomic E-state index is 13.0. The Balaban J connectivity index is 2.38. The molecule has 5 heteroatoms. The van der Waals surface area contributed by atoms with Crippen molar-refractivity contribution < 1.29 is 10.1 Å². The van der Waals surface area contributed by atoms with Crippen LogP contribution >= 0.6 is 0 Å². The number of rotatable bonds is 10. The summed E-state index contributed by atoms with van der Waals surface area (Å²) in [5.41, 5.74) is 2.79. The van der Waals surface area contributed by atoms with Gasteiger partial charge in [0.1, 0.15) is 12.1 Å². The second-order valence-corrected chi connectivity index (χ2v) is 6.40. The van der Waals surface area contributed by atoms with Crippen LogP contribution in [-0.2, 0) is 12.8 Å². The van der Waals surface area contributed by atoms with Gasteiger partial charge < -0.3 is 5.32 Å². The number of aromatic nitrogens is 2. The van der Waals surface area contributed by atoms with Crippen LogP contribution in [0, 0.1) is 0 Å². The fourth-order valence-corrected chi connectivity index (χ4v) is 3.08. The van der Waals surface area contributed by atoms with Gasteiger partial charge in [0.25, 0.3) is 5.56 Å². The number of Topliss-reactive ketones (excluding diaryl/α,β-unsaturated/α-hetero) is 1. The lowest BCUT2D eigenvalue weighted by Crippen LogP contribution is -2.86. The topological polar surface area (TPSA) is 71.5 Å². The van der Waals surface area contributed by atoms with Crippen molar-refractivity contribution in [3.05, 3.63) is 51.4 Å². The van der Waals surface area contributed by atoms with E-state index >= 15 is 0 Å². The summed E-state index contributed by atoms with van der Waals surface area (Å²) in [7, 11) is 0. The van der Waals surface area contributed by atoms with Gasteiger partial charge in [0.15, 0.2) is 0 Å². The number of nitrogens with two attached hydrogens (primary N) is 1. The Bertz CT molecular complexity index is 759. The highest BCUT2D eigenvalue weighted by molar-refractivity contribution is 5.97. The molecule has 25 heavy (non-hydrogen) atoms. The molecule has 0 bridgehead atoms. The maximum Gasteiger partial charge on any atom is 0.282 e. The number of H-pyrrole nitrogens is 1. The van der Waals surface area contributed by atoms with Gasteiger partial charge in [-0.3, -0.25) is 14.7 Å². The zero-order chi connectivity index (χ0) is 18.2. The van der Waals surface area contributed by atoms with Crippen LogP contribution in [0.5, 0.6) is 0 Å². The minimum Gasteiger partial charge on any atom is -0.340 e. The van der Waals surface area contributed by atoms with Crippen molar-refractivity contribution in [1.29, 1.82) is 0 Å². The third kappa shape index (κ3) is 4.48. The van der Waals surface area contributed by atoms with Crippen molar-refractivity contribution in [3.63, 3.8) is 0 Å². The predicted octanol–water partition coefficient (Wildman–Crippen LogP) is 2.23. The summed E-state index contributed by atoms with van der Waals surface area (Å²) >= 11 is 0. The van der Waals surface area contributed by atoms with Crippen LogP contribution in [-0.4, -0.2) is 28.7 Å². The number of carbonyl (C=O) groups is 1. The second-order valence-electron chi connectivity index (χ2n) is 6.40. The molecule has 3 N–H and O–H groups in total. The molecule has 0 aliphatic heterocycles. The monoisotopic (exact) mass is 344 g/mol. The number of nitrogens with zero attached hydrogens (tertiary/aromatic N) is 1. The van der Waals surface area contributed by atoms with Crippen LogP contribution in [0.3, 0.4) is 0 Å². The molecular formula is C20H30N3O2+. The average molecular weight is 344 g/mol. The predicted molar refractivity (Wildman–Crippen MR) is 101 cm³/mol. The van der Waals surface area contributed by atoms with E-state index < -0.39 is 0 Å². The Morgan fingerprint density at radius 3 is 2.60 bits per heavy atom. The standard InChI is InChI=1S/C20H29N3O2/c1-4-7-13-21-14-18(24)19-16(10-5-2)22-23(20(19)25)17-12-9-8-11-15(17)6-3/h8-9,11-12,21-22H,4-7,10,13-14H2,1-3H3/p+1. The highest BCUT2D eigenvalue weighted by atomic mass is 16.2. The Kier molecular flexibility index (Phi) is 7.19. The zero-order valence-electron chi connectivity index (χ0n) is 15.6. The van der Waals surface area contributed by atoms with Crippen molar-refractivity contribution in [2.24, 2.45) is 0 Å². The number of carbonyl (C=O) groups excluding carboxylic acids is 1. The van der Waals surface area contributed by atoms with Gasteiger partial charge in [0.2, 0.25) is 5.78 Å². The Hall–Kier alpha value is -2.14. The summed E-state index contributed by atoms with van der Waals surface area (Å²) < 4.78 is 1.54. The van der Waals surface area contributed by atoms with E-state index in [9.17, 15) is 9.59 Å². The molecule has 1 heterocycles. The van der Waals surface area contributed by atoms with E-state index in [1.165, 1.54) is 0 Å². The first-order valence-electron chi connectivity index (χ1n) is 9.40. The fourth-order valence-electron chi connectivity index (χ4n) is 3.08. The number of benzene rings is 1. The SMILES string of the molecule is CCCC[NH2+]CC(=O)c1c(CCC)[nH]n(-c2ccccc2CC)c1=O. The second kappa shape index (κ2) is 9.37. The quantitative estimate of drug-likeness (QED) is 0.512. The van der Waals surface area contributed by atoms with E-state index in [2.05, 4.69) is 25.9 Å². The lowest BCUT2D eigenvalue weighted by Gasteiger charge is -2.07. The maximum absolute atomic E-state index is 13.0. The van der Waals surface area contributed by atoms with Gasteiger partial charge in [-0.25, -0.2) is 4.68 Å². The molecule has 0 radical (unpaired) electrons. The molecule has 0 unspecified atom stereocenters. The number of quaternary nitrogens is 1. The number of aryl methyl sites for hydroxylation is 2. The van der Waals surface area contributed by atoms with E-state index in [0.717, 1.165) is 49.2 Å². The first-order valence-corrected chi connectivity index (χ1v) is 9.40. The van der Waals surface area contributed by atoms with Crippen molar-refractivity contribution in [2.75, 3.05) is 13.1 Å². The molecule has 0 fully saturated rings. The summed E-state index contributed by atoms with van der Waals surface area (Å²) in [4.78, 5) is 25.6. The fraction of sp³-hybridized carbons (Fsp3) is 0.500. The largest absolute Gasteiger partial charge is 0.340 e. The summed E-state index contributed by atoms with van der Waals surface area (Å²) in [5.74, 6) is -0.0754. The molecule has 2 aromatic rings. The molecule has 0 atom stereocenters. The summed E-state index contributed by atoms with van der Waals surface area (Å²) in [6, 6.07) is 7.83. The van der Waals surface area contributed by atoms with Crippen molar-refractivity contribution in [2.45, 2.75) is 52.9 Å². The van der Waals surface area contributed by atoms with Gasteiger partial charge in [-0.2, -0.15) is 0 Å². The average Bonchev–Trinajstić information content (AvgIpc) is 2.95. The van der Waals surface area contributed by atoms with Crippen LogP contribution in [0.1, 0.15) is 61.6 Å². The van der Waals surface area contributed by atoms with Crippen LogP contribution in [0.15, 0.2) is 29.1 Å². The highest BCUT2D eigenvalue weighted by Crippen LogP contribution is 2.15. The number of hydrogen-bond donors (Lipinski definition) is 2. The Morgan fingerprint density at radius 1 is 1.16 bits per heavy atom. The molecule has 0 saturated heterocycles. The van der Waals surface area contributed by atoms with E-state index in [1.807, 2.05) is 29.6 Å². The van der Waals surface area contributed by atoms with E-state index in [0.29, 0.717) is 18.5 Å². The minimum atomic E-state index is -0.224. The first-order chi connectivity index (χ1) is 12.1. The van der Waals surface area contributed by atoms with E-state index in [-0.39, 0.29) is 11.3 Å². The molecule has 0 spiro atoms. The van der Waals surface area contributed by atoms with Crippen molar-refractivity contribution in [1.82, 2.24) is 9.78 Å². The van der Waals surface area contributed by atoms with Gasteiger partial charge >= 0.3 is 0 Å². The van der Waals surface area contributed by atoms with Gasteiger partial charge in [-0.1, -0.05) is 51.8 Å². The molecule has 5 nitrogen and oxygen atoms in total. The highest BCUT2D eigenvalue weighted by Gasteiger charge is 2.22. The van der Waals surface area contributed by atoms with Crippen LogP contribution in [0.2, 0.25) is 0 Å². The summed E-state index contributed by atoms with van der Waals surface area (Å²) in [6.07, 6.45) is 4.60. The Morgan fingerprint density at radius 2 is 1.92 bits per heavy atom. The van der Waals surface area contributed by atoms with E-state index in [4.69, 9.17) is 0 Å². The van der Waals surface area contributed by atoms with Crippen LogP contribution in [0.4, 0.5) is 0 Å². The lowest BCUT2D eigenvalue weighted by molar-refractivity contribution is -0.643. The molecule has 0 amide bonds. The third-order valence-electron chi connectivity index (χ3n) is 4.45. The van der Waals surface area contributed by atoms with Gasteiger partial charge in [0.05, 0.1) is 12.2 Å². The summed E-state index contributed by atoms with van der Waals surface area (Å²) in [5, 5.41) is 5.19. The molecule has 2 rings (SSSR count). The molecule has 136 valence electrons. The number of unbranched alkanes of at least 4 members (excludes halogenated alkanes) is 1. The molecule has 0 aliphatic rings. The Labute approximate surface area is 149 Å². The lowest BCUT2D eigenvalue weighted by atomic mass is 10.1. The molecule has 0 saturated carbocycles. The van der Waals surface area contributed by atoms with E-state index in [1.54, 1.807) is 4.68 Å². The van der Waals surface area contributed by atoms with Gasteiger partial charge in [0, 0.05) is 5.69 Å². The normalized spacial score (nSPS) is 11.0. The number of hydrogen-bond acceptors (Lipinski definition) is 2. The number of nitrogens with one attached hydrogen (secondary N) is 1. The minimum absolute atomic E-state index is 0.0754. The zero-order valence-corrected chi connectivity index (χ0v) is 15.6. The first kappa shape index (κ1) is 19.2. The smallest absolute Gasteiger partial charge is 0.282 e. The van der Waals surface area contributed by atoms with Crippen molar-refractivity contribution in [3.8, 4) is 5.69 Å². The number of aromatic amines is 1. The number of ketones is 1. The number of para-hydroxylation sites is 1. The van der Waals surface area contributed by atoms with Gasteiger partial charge in [-0.05, 0) is 30.9 Å². The molecule has 0 aliphatic carbocycles. The molecular weight excluding hydrogens is 314 g/mol.